The van der Waals surface area contributed by atoms with Crippen molar-refractivity contribution >= 4 is 11.6 Å². The molecule has 0 atom stereocenters. The zero-order valence-corrected chi connectivity index (χ0v) is 12.4. The fourth-order valence-corrected chi connectivity index (χ4v) is 2.19. The Morgan fingerprint density at radius 1 is 0.826 bits per heavy atom. The summed E-state index contributed by atoms with van der Waals surface area (Å²) in [6.45, 7) is -0.0491. The molecule has 0 unspecified atom stereocenters. The molecule has 0 aliphatic carbocycles. The standard InChI is InChI=1S/C19H15NO3/c21-18(17-7-4-12-20-17)13-23-16-10-8-15(9-11-16)19(22)14-5-2-1-3-6-14/h1-12,20H,13H2. The second-order valence-electron chi connectivity index (χ2n) is 5.02. The summed E-state index contributed by atoms with van der Waals surface area (Å²) in [5.41, 5.74) is 1.74. The first-order chi connectivity index (χ1) is 11.2. The second-order valence-corrected chi connectivity index (χ2v) is 5.02. The summed E-state index contributed by atoms with van der Waals surface area (Å²) >= 11 is 0. The summed E-state index contributed by atoms with van der Waals surface area (Å²) in [7, 11) is 0. The first-order valence-electron chi connectivity index (χ1n) is 7.23. The van der Waals surface area contributed by atoms with Gasteiger partial charge in [-0.1, -0.05) is 30.3 Å². The van der Waals surface area contributed by atoms with Crippen LogP contribution >= 0.6 is 0 Å². The molecule has 0 saturated carbocycles. The van der Waals surface area contributed by atoms with Crippen molar-refractivity contribution in [2.45, 2.75) is 0 Å². The van der Waals surface area contributed by atoms with E-state index < -0.39 is 0 Å². The summed E-state index contributed by atoms with van der Waals surface area (Å²) in [4.78, 5) is 27.0. The smallest absolute Gasteiger partial charge is 0.216 e. The van der Waals surface area contributed by atoms with Gasteiger partial charge in [0.1, 0.15) is 5.75 Å². The fourth-order valence-electron chi connectivity index (χ4n) is 2.19. The molecule has 2 aromatic carbocycles. The SMILES string of the molecule is O=C(c1ccccc1)c1ccc(OCC(=O)c2ccc[nH]2)cc1. The van der Waals surface area contributed by atoms with Gasteiger partial charge in [-0.3, -0.25) is 9.59 Å². The van der Waals surface area contributed by atoms with Crippen molar-refractivity contribution in [3.05, 3.63) is 89.7 Å². The highest BCUT2D eigenvalue weighted by atomic mass is 16.5. The summed E-state index contributed by atoms with van der Waals surface area (Å²) in [5.74, 6) is 0.383. The third kappa shape index (κ3) is 3.55. The molecule has 0 radical (unpaired) electrons. The lowest BCUT2D eigenvalue weighted by Crippen LogP contribution is -2.12. The minimum atomic E-state index is -0.126. The van der Waals surface area contributed by atoms with E-state index in [2.05, 4.69) is 4.98 Å². The summed E-state index contributed by atoms with van der Waals surface area (Å²) < 4.78 is 5.45. The third-order valence-corrected chi connectivity index (χ3v) is 3.42. The molecule has 0 fully saturated rings. The van der Waals surface area contributed by atoms with Crippen LogP contribution in [0.2, 0.25) is 0 Å². The van der Waals surface area contributed by atoms with Crippen molar-refractivity contribution in [3.63, 3.8) is 0 Å². The van der Waals surface area contributed by atoms with Crippen LogP contribution < -0.4 is 4.74 Å². The van der Waals surface area contributed by atoms with Crippen molar-refractivity contribution in [2.75, 3.05) is 6.61 Å². The van der Waals surface area contributed by atoms with Crippen LogP contribution in [0.4, 0.5) is 0 Å². The Kier molecular flexibility index (Phi) is 4.34. The molecule has 0 aliphatic heterocycles. The Hall–Kier alpha value is -3.14. The molecule has 3 aromatic rings. The van der Waals surface area contributed by atoms with E-state index in [1.807, 2.05) is 18.2 Å². The summed E-state index contributed by atoms with van der Waals surface area (Å²) in [6.07, 6.45) is 1.69. The number of aromatic nitrogens is 1. The maximum absolute atomic E-state index is 12.3. The van der Waals surface area contributed by atoms with Crippen LogP contribution in [-0.4, -0.2) is 23.2 Å². The zero-order valence-electron chi connectivity index (χ0n) is 12.4. The minimum Gasteiger partial charge on any atom is -0.485 e. The van der Waals surface area contributed by atoms with Crippen LogP contribution in [0.15, 0.2) is 72.9 Å². The number of carbonyl (C=O) groups is 2. The molecule has 114 valence electrons. The molecule has 0 saturated heterocycles. The highest BCUT2D eigenvalue weighted by Crippen LogP contribution is 2.15. The Bertz CT molecular complexity index is 790. The summed E-state index contributed by atoms with van der Waals surface area (Å²) in [6, 6.07) is 19.3. The lowest BCUT2D eigenvalue weighted by atomic mass is 10.0. The predicted octanol–water partition coefficient (Wildman–Crippen LogP) is 3.51. The minimum absolute atomic E-state index is 0.0420. The predicted molar refractivity (Wildman–Crippen MR) is 86.9 cm³/mol. The van der Waals surface area contributed by atoms with Gasteiger partial charge >= 0.3 is 0 Å². The molecule has 4 nitrogen and oxygen atoms in total. The topological polar surface area (TPSA) is 59.2 Å². The van der Waals surface area contributed by atoms with Crippen molar-refractivity contribution in [1.29, 1.82) is 0 Å². The van der Waals surface area contributed by atoms with Crippen LogP contribution in [0.5, 0.6) is 5.75 Å². The maximum atomic E-state index is 12.3. The van der Waals surface area contributed by atoms with Gasteiger partial charge in [-0.15, -0.1) is 0 Å². The second kappa shape index (κ2) is 6.75. The number of rotatable bonds is 6. The Morgan fingerprint density at radius 2 is 1.52 bits per heavy atom. The van der Waals surface area contributed by atoms with E-state index in [0.29, 0.717) is 22.6 Å². The van der Waals surface area contributed by atoms with E-state index in [0.717, 1.165) is 0 Å². The van der Waals surface area contributed by atoms with Gasteiger partial charge in [-0.25, -0.2) is 0 Å². The highest BCUT2D eigenvalue weighted by Gasteiger charge is 2.10. The van der Waals surface area contributed by atoms with Crippen molar-refractivity contribution in [3.8, 4) is 5.75 Å². The Balaban J connectivity index is 1.63. The molecule has 23 heavy (non-hydrogen) atoms. The van der Waals surface area contributed by atoms with E-state index >= 15 is 0 Å². The number of nitrogens with one attached hydrogen (secondary N) is 1. The Labute approximate surface area is 133 Å². The van der Waals surface area contributed by atoms with Crippen LogP contribution in [0.25, 0.3) is 0 Å². The molecule has 1 heterocycles. The number of Topliss-reactive ketones (excluding diaryl/α,β-unsaturated/α-hetero) is 1. The van der Waals surface area contributed by atoms with Crippen molar-refractivity contribution < 1.29 is 14.3 Å². The van der Waals surface area contributed by atoms with E-state index in [4.69, 9.17) is 4.74 Å². The molecule has 1 aromatic heterocycles. The maximum Gasteiger partial charge on any atom is 0.216 e. The van der Waals surface area contributed by atoms with Gasteiger partial charge in [0.05, 0.1) is 5.69 Å². The van der Waals surface area contributed by atoms with Crippen molar-refractivity contribution in [1.82, 2.24) is 4.98 Å². The van der Waals surface area contributed by atoms with Gasteiger partial charge in [0, 0.05) is 17.3 Å². The van der Waals surface area contributed by atoms with Crippen LogP contribution in [-0.2, 0) is 0 Å². The van der Waals surface area contributed by atoms with Crippen LogP contribution in [0.3, 0.4) is 0 Å². The average molecular weight is 305 g/mol. The fraction of sp³-hybridized carbons (Fsp3) is 0.0526. The summed E-state index contributed by atoms with van der Waals surface area (Å²) in [5, 5.41) is 0. The number of hydrogen-bond donors (Lipinski definition) is 1. The largest absolute Gasteiger partial charge is 0.485 e. The molecule has 0 amide bonds. The van der Waals surface area contributed by atoms with Crippen LogP contribution in [0.1, 0.15) is 26.4 Å². The number of carbonyl (C=O) groups excluding carboxylic acids is 2. The quantitative estimate of drug-likeness (QED) is 0.709. The van der Waals surface area contributed by atoms with E-state index in [-0.39, 0.29) is 18.2 Å². The number of benzene rings is 2. The van der Waals surface area contributed by atoms with Gasteiger partial charge < -0.3 is 9.72 Å². The van der Waals surface area contributed by atoms with E-state index in [9.17, 15) is 9.59 Å². The molecule has 0 aliphatic rings. The third-order valence-electron chi connectivity index (χ3n) is 3.42. The van der Waals surface area contributed by atoms with Gasteiger partial charge in [0.25, 0.3) is 0 Å². The lowest BCUT2D eigenvalue weighted by molar-refractivity contribution is 0.0916. The lowest BCUT2D eigenvalue weighted by Gasteiger charge is -2.06. The molecule has 1 N–H and O–H groups in total. The first kappa shape index (κ1) is 14.8. The molecule has 0 bridgehead atoms. The zero-order chi connectivity index (χ0) is 16.1. The molecule has 3 rings (SSSR count). The van der Waals surface area contributed by atoms with Gasteiger partial charge in [0.15, 0.2) is 12.4 Å². The van der Waals surface area contributed by atoms with E-state index in [1.54, 1.807) is 54.7 Å². The average Bonchev–Trinajstić information content (AvgIpc) is 3.15. The molecule has 4 heteroatoms. The van der Waals surface area contributed by atoms with Gasteiger partial charge in [-0.2, -0.15) is 0 Å². The van der Waals surface area contributed by atoms with Gasteiger partial charge in [0.2, 0.25) is 5.78 Å². The van der Waals surface area contributed by atoms with Crippen LogP contribution in [0, 0.1) is 0 Å². The molecular formula is C19H15NO3. The Morgan fingerprint density at radius 3 is 2.17 bits per heavy atom. The number of hydrogen-bond acceptors (Lipinski definition) is 3. The van der Waals surface area contributed by atoms with Gasteiger partial charge in [-0.05, 0) is 36.4 Å². The normalized spacial score (nSPS) is 10.3. The van der Waals surface area contributed by atoms with Crippen molar-refractivity contribution in [2.24, 2.45) is 0 Å². The highest BCUT2D eigenvalue weighted by molar-refractivity contribution is 6.09. The monoisotopic (exact) mass is 305 g/mol. The number of aromatic amines is 1. The number of H-pyrrole nitrogens is 1. The number of ether oxygens (including phenoxy) is 1. The first-order valence-corrected chi connectivity index (χ1v) is 7.23. The molecular weight excluding hydrogens is 290 g/mol. The number of ketones is 2. The molecule has 0 spiro atoms. The van der Waals surface area contributed by atoms with E-state index in [1.165, 1.54) is 0 Å².